The molecular formula is C13H16N2O4. The molecule has 0 aliphatic carbocycles. The van der Waals surface area contributed by atoms with Crippen LogP contribution < -0.4 is 0 Å². The predicted molar refractivity (Wildman–Crippen MR) is 68.6 cm³/mol. The van der Waals surface area contributed by atoms with Crippen molar-refractivity contribution in [3.8, 4) is 0 Å². The molecule has 1 heterocycles. The number of carbonyl (C=O) groups is 1. The minimum Gasteiger partial charge on any atom is -0.393 e. The van der Waals surface area contributed by atoms with Crippen LogP contribution in [0, 0.1) is 10.1 Å². The molecule has 0 atom stereocenters. The van der Waals surface area contributed by atoms with Gasteiger partial charge in [0.05, 0.1) is 17.4 Å². The molecule has 1 N–H and O–H groups in total. The number of nitro benzene ring substituents is 1. The van der Waals surface area contributed by atoms with Gasteiger partial charge in [-0.25, -0.2) is 0 Å². The molecule has 1 fully saturated rings. The van der Waals surface area contributed by atoms with Gasteiger partial charge in [0.15, 0.2) is 0 Å². The van der Waals surface area contributed by atoms with E-state index in [2.05, 4.69) is 0 Å². The lowest BCUT2D eigenvalue weighted by Gasteiger charge is -2.29. The third-order valence-corrected chi connectivity index (χ3v) is 3.32. The molecule has 0 saturated carbocycles. The van der Waals surface area contributed by atoms with Crippen LogP contribution in [0.4, 0.5) is 5.69 Å². The zero-order chi connectivity index (χ0) is 13.8. The van der Waals surface area contributed by atoms with E-state index >= 15 is 0 Å². The fourth-order valence-corrected chi connectivity index (χ4v) is 2.14. The molecule has 0 aromatic heterocycles. The first-order valence-corrected chi connectivity index (χ1v) is 6.25. The normalized spacial score (nSPS) is 16.4. The highest BCUT2D eigenvalue weighted by molar-refractivity contribution is 5.78. The summed E-state index contributed by atoms with van der Waals surface area (Å²) in [6, 6.07) is 6.02. The number of aliphatic hydroxyl groups is 1. The number of non-ortho nitro benzene ring substituents is 1. The Morgan fingerprint density at radius 1 is 1.32 bits per heavy atom. The van der Waals surface area contributed by atoms with Crippen molar-refractivity contribution in [1.82, 2.24) is 4.90 Å². The average Bonchev–Trinajstić information content (AvgIpc) is 2.40. The molecule has 2 rings (SSSR count). The van der Waals surface area contributed by atoms with Crippen molar-refractivity contribution in [3.05, 3.63) is 39.9 Å². The van der Waals surface area contributed by atoms with E-state index in [0.717, 1.165) is 5.56 Å². The highest BCUT2D eigenvalue weighted by Crippen LogP contribution is 2.15. The van der Waals surface area contributed by atoms with Gasteiger partial charge in [-0.3, -0.25) is 14.9 Å². The van der Waals surface area contributed by atoms with Crippen molar-refractivity contribution in [1.29, 1.82) is 0 Å². The van der Waals surface area contributed by atoms with Crippen molar-refractivity contribution in [2.45, 2.75) is 25.4 Å². The van der Waals surface area contributed by atoms with Gasteiger partial charge >= 0.3 is 0 Å². The van der Waals surface area contributed by atoms with Gasteiger partial charge in [0, 0.05) is 25.2 Å². The second-order valence-corrected chi connectivity index (χ2v) is 4.71. The van der Waals surface area contributed by atoms with Gasteiger partial charge in [-0.1, -0.05) is 12.1 Å². The molecule has 1 aromatic rings. The van der Waals surface area contributed by atoms with Gasteiger partial charge in [0.25, 0.3) is 5.69 Å². The van der Waals surface area contributed by atoms with Gasteiger partial charge in [0.2, 0.25) is 5.91 Å². The summed E-state index contributed by atoms with van der Waals surface area (Å²) < 4.78 is 0. The van der Waals surface area contributed by atoms with Crippen LogP contribution in [0.2, 0.25) is 0 Å². The molecule has 6 heteroatoms. The topological polar surface area (TPSA) is 83.7 Å². The van der Waals surface area contributed by atoms with Crippen LogP contribution in [0.25, 0.3) is 0 Å². The lowest BCUT2D eigenvalue weighted by Crippen LogP contribution is -2.40. The van der Waals surface area contributed by atoms with Crippen LogP contribution in [-0.4, -0.2) is 40.0 Å². The molecule has 102 valence electrons. The summed E-state index contributed by atoms with van der Waals surface area (Å²) in [5.74, 6) is 0.000697. The molecule has 1 aliphatic rings. The summed E-state index contributed by atoms with van der Waals surface area (Å²) in [6.07, 6.45) is 1.18. The molecule has 6 nitrogen and oxygen atoms in total. The summed E-state index contributed by atoms with van der Waals surface area (Å²) in [5, 5.41) is 19.9. The summed E-state index contributed by atoms with van der Waals surface area (Å²) in [6.45, 7) is 1.15. The van der Waals surface area contributed by atoms with Crippen LogP contribution >= 0.6 is 0 Å². The van der Waals surface area contributed by atoms with Crippen LogP contribution in [0.3, 0.4) is 0 Å². The Kier molecular flexibility index (Phi) is 4.11. The van der Waals surface area contributed by atoms with E-state index in [1.165, 1.54) is 12.1 Å². The number of piperidine rings is 1. The molecule has 0 unspecified atom stereocenters. The summed E-state index contributed by atoms with van der Waals surface area (Å²) in [5.41, 5.74) is 0.791. The van der Waals surface area contributed by atoms with Crippen molar-refractivity contribution < 1.29 is 14.8 Å². The lowest BCUT2D eigenvalue weighted by atomic mass is 10.1. The van der Waals surface area contributed by atoms with Gasteiger partial charge in [-0.05, 0) is 18.4 Å². The minimum absolute atomic E-state index is 0.000697. The molecule has 0 bridgehead atoms. The molecule has 1 saturated heterocycles. The maximum Gasteiger partial charge on any atom is 0.269 e. The van der Waals surface area contributed by atoms with E-state index in [9.17, 15) is 20.0 Å². The first-order valence-electron chi connectivity index (χ1n) is 6.25. The number of likely N-dealkylation sites (tertiary alicyclic amines) is 1. The molecule has 1 aliphatic heterocycles. The standard InChI is InChI=1S/C13H16N2O4/c16-12-5-7-14(8-6-12)13(17)9-10-1-3-11(4-2-10)15(18)19/h1-4,12,16H,5-9H2. The predicted octanol–water partition coefficient (Wildman–Crippen LogP) is 1.12. The molecule has 0 spiro atoms. The third kappa shape index (κ3) is 3.51. The fraction of sp³-hybridized carbons (Fsp3) is 0.462. The maximum atomic E-state index is 12.0. The molecule has 1 amide bonds. The number of benzene rings is 1. The van der Waals surface area contributed by atoms with E-state index in [0.29, 0.717) is 25.9 Å². The second-order valence-electron chi connectivity index (χ2n) is 4.71. The van der Waals surface area contributed by atoms with E-state index in [1.54, 1.807) is 17.0 Å². The number of nitro groups is 1. The number of rotatable bonds is 3. The van der Waals surface area contributed by atoms with Crippen LogP contribution in [-0.2, 0) is 11.2 Å². The molecule has 0 radical (unpaired) electrons. The Labute approximate surface area is 110 Å². The molecule has 1 aromatic carbocycles. The summed E-state index contributed by atoms with van der Waals surface area (Å²) >= 11 is 0. The quantitative estimate of drug-likeness (QED) is 0.655. The van der Waals surface area contributed by atoms with Gasteiger partial charge in [0.1, 0.15) is 0 Å². The number of carbonyl (C=O) groups excluding carboxylic acids is 1. The van der Waals surface area contributed by atoms with Crippen LogP contribution in [0.1, 0.15) is 18.4 Å². The first kappa shape index (κ1) is 13.5. The van der Waals surface area contributed by atoms with E-state index in [1.807, 2.05) is 0 Å². The highest BCUT2D eigenvalue weighted by atomic mass is 16.6. The Morgan fingerprint density at radius 3 is 2.42 bits per heavy atom. The van der Waals surface area contributed by atoms with E-state index < -0.39 is 4.92 Å². The number of amides is 1. The maximum absolute atomic E-state index is 12.0. The van der Waals surface area contributed by atoms with E-state index in [-0.39, 0.29) is 24.1 Å². The summed E-state index contributed by atoms with van der Waals surface area (Å²) in [4.78, 5) is 23.8. The Morgan fingerprint density at radius 2 is 1.89 bits per heavy atom. The Balaban J connectivity index is 1.93. The third-order valence-electron chi connectivity index (χ3n) is 3.32. The van der Waals surface area contributed by atoms with Crippen molar-refractivity contribution in [2.24, 2.45) is 0 Å². The number of hydrogen-bond acceptors (Lipinski definition) is 4. The Bertz CT molecular complexity index is 464. The zero-order valence-corrected chi connectivity index (χ0v) is 10.5. The average molecular weight is 264 g/mol. The minimum atomic E-state index is -0.461. The van der Waals surface area contributed by atoms with Crippen LogP contribution in [0.5, 0.6) is 0 Å². The molecular weight excluding hydrogens is 248 g/mol. The fourth-order valence-electron chi connectivity index (χ4n) is 2.14. The van der Waals surface area contributed by atoms with E-state index in [4.69, 9.17) is 0 Å². The zero-order valence-electron chi connectivity index (χ0n) is 10.5. The van der Waals surface area contributed by atoms with Crippen molar-refractivity contribution in [3.63, 3.8) is 0 Å². The number of hydrogen-bond donors (Lipinski definition) is 1. The van der Waals surface area contributed by atoms with Gasteiger partial charge in [-0.2, -0.15) is 0 Å². The summed E-state index contributed by atoms with van der Waals surface area (Å²) in [7, 11) is 0. The monoisotopic (exact) mass is 264 g/mol. The number of aliphatic hydroxyl groups excluding tert-OH is 1. The van der Waals surface area contributed by atoms with Crippen LogP contribution in [0.15, 0.2) is 24.3 Å². The molecule has 19 heavy (non-hydrogen) atoms. The first-order chi connectivity index (χ1) is 9.06. The van der Waals surface area contributed by atoms with Crippen molar-refractivity contribution in [2.75, 3.05) is 13.1 Å². The Hall–Kier alpha value is -1.95. The smallest absolute Gasteiger partial charge is 0.269 e. The SMILES string of the molecule is O=C(Cc1ccc([N+](=O)[O-])cc1)N1CCC(O)CC1. The van der Waals surface area contributed by atoms with Crippen molar-refractivity contribution >= 4 is 11.6 Å². The van der Waals surface area contributed by atoms with Gasteiger partial charge in [-0.15, -0.1) is 0 Å². The second kappa shape index (κ2) is 5.79. The van der Waals surface area contributed by atoms with Gasteiger partial charge < -0.3 is 10.0 Å². The largest absolute Gasteiger partial charge is 0.393 e. The lowest BCUT2D eigenvalue weighted by molar-refractivity contribution is -0.384. The highest BCUT2D eigenvalue weighted by Gasteiger charge is 2.21. The number of nitrogens with zero attached hydrogens (tertiary/aromatic N) is 2.